The molecule has 0 bridgehead atoms. The summed E-state index contributed by atoms with van der Waals surface area (Å²) in [6.07, 6.45) is 0.404. The Morgan fingerprint density at radius 1 is 1.02 bits per heavy atom. The molecule has 0 radical (unpaired) electrons. The van der Waals surface area contributed by atoms with Crippen molar-refractivity contribution < 1.29 is 28.6 Å². The Hall–Kier alpha value is -4.37. The predicted molar refractivity (Wildman–Crippen MR) is 150 cm³/mol. The van der Waals surface area contributed by atoms with E-state index in [1.165, 1.54) is 12.1 Å². The Kier molecular flexibility index (Phi) is 8.74. The Bertz CT molecular complexity index is 1430. The van der Waals surface area contributed by atoms with E-state index < -0.39 is 23.3 Å². The monoisotopic (exact) mass is 545 g/mol. The van der Waals surface area contributed by atoms with Gasteiger partial charge < -0.3 is 20.5 Å². The number of fused-ring (bicyclic) bond motifs is 1. The first-order valence-electron chi connectivity index (χ1n) is 13.0. The third-order valence-electron chi connectivity index (χ3n) is 6.20. The van der Waals surface area contributed by atoms with E-state index in [1.807, 2.05) is 69.3 Å². The molecule has 9 heteroatoms. The van der Waals surface area contributed by atoms with Crippen molar-refractivity contribution in [2.45, 2.75) is 51.7 Å². The van der Waals surface area contributed by atoms with E-state index in [-0.39, 0.29) is 24.8 Å². The number of hydrogen-bond donors (Lipinski definition) is 3. The van der Waals surface area contributed by atoms with Gasteiger partial charge in [0.1, 0.15) is 17.3 Å². The van der Waals surface area contributed by atoms with Crippen LogP contribution >= 0.6 is 0 Å². The number of carboxylic acids is 1. The van der Waals surface area contributed by atoms with Crippen molar-refractivity contribution in [1.82, 2.24) is 5.32 Å². The number of carbonyl (C=O) groups is 3. The van der Waals surface area contributed by atoms with Gasteiger partial charge in [0.2, 0.25) is 5.91 Å². The van der Waals surface area contributed by atoms with Crippen LogP contribution in [0.2, 0.25) is 0 Å². The van der Waals surface area contributed by atoms with Crippen LogP contribution in [0, 0.1) is 5.82 Å². The minimum atomic E-state index is -0.874. The fraction of sp³-hybridized carbons (Fsp3) is 0.290. The minimum absolute atomic E-state index is 0.0171. The molecule has 0 saturated carbocycles. The number of rotatable bonds is 10. The SMILES string of the molecule is CC(C)(C)OC(=O)CNCc1ccc(N=C(c2ccc(CCC(=O)O)cc2)C2C(=O)Nc3cc(F)ccc32)cc1. The first-order valence-corrected chi connectivity index (χ1v) is 13.0. The number of aliphatic carboxylic acids is 1. The number of carboxylic acid groups (broad SMARTS) is 1. The zero-order chi connectivity index (χ0) is 28.9. The van der Waals surface area contributed by atoms with Crippen molar-refractivity contribution >= 4 is 34.9 Å². The maximum atomic E-state index is 13.8. The van der Waals surface area contributed by atoms with Gasteiger partial charge in [-0.15, -0.1) is 0 Å². The first-order chi connectivity index (χ1) is 19.0. The Balaban J connectivity index is 1.58. The largest absolute Gasteiger partial charge is 0.481 e. The molecule has 4 rings (SSSR count). The zero-order valence-corrected chi connectivity index (χ0v) is 22.7. The van der Waals surface area contributed by atoms with Gasteiger partial charge in [0.15, 0.2) is 0 Å². The van der Waals surface area contributed by atoms with E-state index in [2.05, 4.69) is 10.6 Å². The van der Waals surface area contributed by atoms with Crippen molar-refractivity contribution in [1.29, 1.82) is 0 Å². The molecule has 0 spiro atoms. The Morgan fingerprint density at radius 3 is 2.35 bits per heavy atom. The summed E-state index contributed by atoms with van der Waals surface area (Å²) in [6, 6.07) is 18.9. The number of aryl methyl sites for hydroxylation is 1. The van der Waals surface area contributed by atoms with Crippen LogP contribution in [0.25, 0.3) is 0 Å². The molecular weight excluding hydrogens is 513 g/mol. The number of hydrogen-bond acceptors (Lipinski definition) is 6. The van der Waals surface area contributed by atoms with E-state index in [4.69, 9.17) is 14.8 Å². The van der Waals surface area contributed by atoms with E-state index >= 15 is 0 Å². The molecule has 0 fully saturated rings. The molecule has 1 atom stereocenters. The molecule has 208 valence electrons. The average Bonchev–Trinajstić information content (AvgIpc) is 3.20. The smallest absolute Gasteiger partial charge is 0.320 e. The molecule has 40 heavy (non-hydrogen) atoms. The van der Waals surface area contributed by atoms with E-state index in [1.54, 1.807) is 6.07 Å². The van der Waals surface area contributed by atoms with Crippen LogP contribution in [0.3, 0.4) is 0 Å². The number of nitrogens with one attached hydrogen (secondary N) is 2. The van der Waals surface area contributed by atoms with E-state index in [0.29, 0.717) is 41.2 Å². The first kappa shape index (κ1) is 28.6. The summed E-state index contributed by atoms with van der Waals surface area (Å²) in [5.74, 6) is -2.71. The normalized spacial score (nSPS) is 14.9. The van der Waals surface area contributed by atoms with Crippen molar-refractivity contribution in [3.8, 4) is 0 Å². The molecule has 3 N–H and O–H groups in total. The van der Waals surface area contributed by atoms with E-state index in [0.717, 1.165) is 11.1 Å². The second kappa shape index (κ2) is 12.2. The molecule has 1 unspecified atom stereocenters. The highest BCUT2D eigenvalue weighted by Crippen LogP contribution is 2.36. The second-order valence-corrected chi connectivity index (χ2v) is 10.6. The summed E-state index contributed by atoms with van der Waals surface area (Å²) in [5.41, 5.74) is 4.08. The van der Waals surface area contributed by atoms with Crippen molar-refractivity contribution in [2.24, 2.45) is 4.99 Å². The summed E-state index contributed by atoms with van der Waals surface area (Å²) < 4.78 is 19.2. The molecule has 1 aliphatic heterocycles. The van der Waals surface area contributed by atoms with Gasteiger partial charge >= 0.3 is 11.9 Å². The van der Waals surface area contributed by atoms with Gasteiger partial charge in [-0.2, -0.15) is 0 Å². The van der Waals surface area contributed by atoms with Crippen LogP contribution in [0.15, 0.2) is 71.7 Å². The highest BCUT2D eigenvalue weighted by molar-refractivity contribution is 6.24. The van der Waals surface area contributed by atoms with Crippen molar-refractivity contribution in [2.75, 3.05) is 11.9 Å². The van der Waals surface area contributed by atoms with Crippen LogP contribution < -0.4 is 10.6 Å². The predicted octanol–water partition coefficient (Wildman–Crippen LogP) is 5.13. The number of nitrogens with zero attached hydrogens (tertiary/aromatic N) is 1. The number of benzene rings is 3. The number of ether oxygens (including phenoxy) is 1. The summed E-state index contributed by atoms with van der Waals surface area (Å²) >= 11 is 0. The standard InChI is InChI=1S/C31H32FN3O5/c1-31(2,3)40-27(38)18-33-17-20-6-12-23(13-7-20)34-29(21-9-4-19(5-10-21)8-15-26(36)37)28-24-14-11-22(32)16-25(24)35-30(28)39/h4-7,9-14,16,28,33H,8,15,17-18H2,1-3H3,(H,35,39)(H,36,37). The van der Waals surface area contributed by atoms with Gasteiger partial charge in [0, 0.05) is 18.7 Å². The molecule has 3 aromatic rings. The lowest BCUT2D eigenvalue weighted by Crippen LogP contribution is -2.31. The molecule has 0 saturated heterocycles. The van der Waals surface area contributed by atoms with Crippen LogP contribution in [0.1, 0.15) is 55.4 Å². The van der Waals surface area contributed by atoms with Crippen LogP contribution in [0.5, 0.6) is 0 Å². The summed E-state index contributed by atoms with van der Waals surface area (Å²) in [5, 5.41) is 14.8. The van der Waals surface area contributed by atoms with Gasteiger partial charge in [0.05, 0.1) is 17.9 Å². The lowest BCUT2D eigenvalue weighted by Gasteiger charge is -2.19. The van der Waals surface area contributed by atoms with Crippen LogP contribution in [0.4, 0.5) is 15.8 Å². The summed E-state index contributed by atoms with van der Waals surface area (Å²) in [7, 11) is 0. The minimum Gasteiger partial charge on any atom is -0.481 e. The summed E-state index contributed by atoms with van der Waals surface area (Å²) in [4.78, 5) is 40.8. The van der Waals surface area contributed by atoms with Gasteiger partial charge in [-0.1, -0.05) is 42.5 Å². The maximum absolute atomic E-state index is 13.8. The molecule has 8 nitrogen and oxygen atoms in total. The molecule has 1 heterocycles. The van der Waals surface area contributed by atoms with Gasteiger partial charge in [-0.25, -0.2) is 4.39 Å². The number of halogens is 1. The molecule has 0 aliphatic carbocycles. The fourth-order valence-corrected chi connectivity index (χ4v) is 4.41. The third-order valence-corrected chi connectivity index (χ3v) is 6.20. The average molecular weight is 546 g/mol. The summed E-state index contributed by atoms with van der Waals surface area (Å²) in [6.45, 7) is 5.99. The lowest BCUT2D eigenvalue weighted by atomic mass is 9.90. The molecule has 1 amide bonds. The third kappa shape index (κ3) is 7.60. The van der Waals surface area contributed by atoms with E-state index in [9.17, 15) is 18.8 Å². The number of anilines is 1. The molecule has 0 aromatic heterocycles. The van der Waals surface area contributed by atoms with Crippen molar-refractivity contribution in [3.05, 3.63) is 94.8 Å². The topological polar surface area (TPSA) is 117 Å². The quantitative estimate of drug-likeness (QED) is 0.240. The Morgan fingerprint density at radius 2 is 1.70 bits per heavy atom. The molecule has 1 aliphatic rings. The van der Waals surface area contributed by atoms with Crippen molar-refractivity contribution in [3.63, 3.8) is 0 Å². The number of carbonyl (C=O) groups excluding carboxylic acids is 2. The second-order valence-electron chi connectivity index (χ2n) is 10.6. The highest BCUT2D eigenvalue weighted by Gasteiger charge is 2.35. The van der Waals surface area contributed by atoms with Gasteiger partial charge in [-0.3, -0.25) is 19.4 Å². The lowest BCUT2D eigenvalue weighted by molar-refractivity contribution is -0.153. The highest BCUT2D eigenvalue weighted by atomic mass is 19.1. The number of aliphatic imine (C=N–C) groups is 1. The number of amides is 1. The molecular formula is C31H32FN3O5. The van der Waals surface area contributed by atoms with Gasteiger partial charge in [0.25, 0.3) is 0 Å². The zero-order valence-electron chi connectivity index (χ0n) is 22.7. The van der Waals surface area contributed by atoms with Gasteiger partial charge in [-0.05, 0) is 73.7 Å². The Labute approximate surface area is 232 Å². The number of esters is 1. The van der Waals surface area contributed by atoms with Crippen LogP contribution in [-0.2, 0) is 32.1 Å². The molecule has 3 aromatic carbocycles. The maximum Gasteiger partial charge on any atom is 0.320 e. The van der Waals surface area contributed by atoms with Crippen LogP contribution in [-0.4, -0.2) is 40.8 Å². The fourth-order valence-electron chi connectivity index (χ4n) is 4.41.